The van der Waals surface area contributed by atoms with E-state index in [1.165, 1.54) is 31.0 Å². The second-order valence-corrected chi connectivity index (χ2v) is 7.95. The Kier molecular flexibility index (Phi) is 4.77. The minimum Gasteiger partial charge on any atom is -0.435 e. The van der Waals surface area contributed by atoms with E-state index in [4.69, 9.17) is 15.0 Å². The Bertz CT molecular complexity index is 1050. The summed E-state index contributed by atoms with van der Waals surface area (Å²) in [6, 6.07) is 6.10. The number of aromatic nitrogens is 2. The minimum atomic E-state index is -0.577. The Morgan fingerprint density at radius 2 is 2.04 bits per heavy atom. The van der Waals surface area contributed by atoms with E-state index < -0.39 is 5.82 Å². The van der Waals surface area contributed by atoms with Crippen LogP contribution in [0, 0.1) is 31.0 Å². The lowest BCUT2D eigenvalue weighted by Gasteiger charge is -2.14. The monoisotopic (exact) mass is 382 g/mol. The largest absolute Gasteiger partial charge is 0.435 e. The van der Waals surface area contributed by atoms with E-state index in [1.54, 1.807) is 11.3 Å². The van der Waals surface area contributed by atoms with Crippen LogP contribution in [0.3, 0.4) is 0 Å². The van der Waals surface area contributed by atoms with Crippen LogP contribution in [0.4, 0.5) is 4.39 Å². The molecule has 0 amide bonds. The molecule has 1 aliphatic rings. The van der Waals surface area contributed by atoms with Crippen LogP contribution in [0.1, 0.15) is 34.7 Å². The lowest BCUT2D eigenvalue weighted by Crippen LogP contribution is -2.20. The first kappa shape index (κ1) is 17.8. The average Bonchev–Trinajstić information content (AvgIpc) is 3.25. The molecule has 0 saturated carbocycles. The molecule has 1 fully saturated rings. The van der Waals surface area contributed by atoms with Gasteiger partial charge in [-0.3, -0.25) is 4.90 Å². The summed E-state index contributed by atoms with van der Waals surface area (Å²) in [5.41, 5.74) is 1.30. The number of benzene rings is 1. The third kappa shape index (κ3) is 3.51. The summed E-state index contributed by atoms with van der Waals surface area (Å²) in [5, 5.41) is 9.74. The number of halogens is 1. The number of nitriles is 1. The molecule has 4 rings (SSSR count). The molecular weight excluding hydrogens is 363 g/mol. The number of aryl methyl sites for hydroxylation is 2. The van der Waals surface area contributed by atoms with Gasteiger partial charge in [0.15, 0.2) is 11.6 Å². The number of ether oxygens (including phenoxy) is 1. The van der Waals surface area contributed by atoms with Crippen LogP contribution in [0.15, 0.2) is 18.2 Å². The predicted octanol–water partition coefficient (Wildman–Crippen LogP) is 4.71. The first-order chi connectivity index (χ1) is 13.0. The summed E-state index contributed by atoms with van der Waals surface area (Å²) in [7, 11) is 0. The molecule has 0 atom stereocenters. The van der Waals surface area contributed by atoms with Gasteiger partial charge in [-0.2, -0.15) is 10.2 Å². The van der Waals surface area contributed by atoms with Crippen LogP contribution in [0.25, 0.3) is 10.2 Å². The Balaban J connectivity index is 1.76. The van der Waals surface area contributed by atoms with Gasteiger partial charge in [0.25, 0.3) is 0 Å². The normalized spacial score (nSPS) is 14.6. The van der Waals surface area contributed by atoms with Crippen molar-refractivity contribution >= 4 is 21.6 Å². The number of likely N-dealkylation sites (tertiary alicyclic amines) is 1. The minimum absolute atomic E-state index is 0.0596. The molecule has 1 aromatic carbocycles. The quantitative estimate of drug-likeness (QED) is 0.654. The van der Waals surface area contributed by atoms with Crippen LogP contribution < -0.4 is 4.74 Å². The molecule has 1 saturated heterocycles. The Hall–Kier alpha value is -2.56. The standard InChI is InChI=1S/C20H19FN4OS/c1-12-13(2)27-20-18(12)19(23-17(24-20)11-25-7-3-4-8-25)26-16-6-5-14(10-22)9-15(16)21/h5-6,9H,3-4,7-8,11H2,1-2H3. The molecule has 7 heteroatoms. The van der Waals surface area contributed by atoms with Gasteiger partial charge in [0.05, 0.1) is 23.6 Å². The third-order valence-corrected chi connectivity index (χ3v) is 5.97. The van der Waals surface area contributed by atoms with Crippen LogP contribution in [-0.2, 0) is 6.54 Å². The molecule has 3 aromatic rings. The molecule has 2 aromatic heterocycles. The molecular formula is C20H19FN4OS. The molecule has 0 N–H and O–H groups in total. The summed E-state index contributed by atoms with van der Waals surface area (Å²) < 4.78 is 20.2. The first-order valence-electron chi connectivity index (χ1n) is 8.91. The van der Waals surface area contributed by atoms with E-state index in [1.807, 2.05) is 19.9 Å². The number of hydrogen-bond donors (Lipinski definition) is 0. The van der Waals surface area contributed by atoms with Crippen molar-refractivity contribution in [1.82, 2.24) is 14.9 Å². The number of nitrogens with zero attached hydrogens (tertiary/aromatic N) is 4. The summed E-state index contributed by atoms with van der Waals surface area (Å²) in [6.07, 6.45) is 2.39. The van der Waals surface area contributed by atoms with Crippen molar-refractivity contribution in [1.29, 1.82) is 5.26 Å². The van der Waals surface area contributed by atoms with Crippen molar-refractivity contribution in [3.05, 3.63) is 45.8 Å². The number of hydrogen-bond acceptors (Lipinski definition) is 6. The highest BCUT2D eigenvalue weighted by Crippen LogP contribution is 2.37. The molecule has 0 bridgehead atoms. The van der Waals surface area contributed by atoms with Crippen molar-refractivity contribution in [2.45, 2.75) is 33.2 Å². The Morgan fingerprint density at radius 1 is 1.26 bits per heavy atom. The second-order valence-electron chi connectivity index (χ2n) is 6.75. The fourth-order valence-electron chi connectivity index (χ4n) is 3.30. The van der Waals surface area contributed by atoms with Gasteiger partial charge in [-0.15, -0.1) is 11.3 Å². The number of rotatable bonds is 4. The smallest absolute Gasteiger partial charge is 0.231 e. The third-order valence-electron chi connectivity index (χ3n) is 4.87. The van der Waals surface area contributed by atoms with Crippen LogP contribution >= 0.6 is 11.3 Å². The van der Waals surface area contributed by atoms with Crippen molar-refractivity contribution in [3.8, 4) is 17.7 Å². The van der Waals surface area contributed by atoms with Crippen LogP contribution in [-0.4, -0.2) is 28.0 Å². The van der Waals surface area contributed by atoms with Crippen molar-refractivity contribution in [3.63, 3.8) is 0 Å². The number of fused-ring (bicyclic) bond motifs is 1. The van der Waals surface area contributed by atoms with Crippen LogP contribution in [0.5, 0.6) is 11.6 Å². The average molecular weight is 382 g/mol. The van der Waals surface area contributed by atoms with E-state index in [2.05, 4.69) is 9.88 Å². The number of thiophene rings is 1. The summed E-state index contributed by atoms with van der Waals surface area (Å²) >= 11 is 1.60. The molecule has 0 radical (unpaired) electrons. The maximum absolute atomic E-state index is 14.3. The maximum Gasteiger partial charge on any atom is 0.231 e. The second kappa shape index (κ2) is 7.22. The van der Waals surface area contributed by atoms with Gasteiger partial charge < -0.3 is 4.74 Å². The van der Waals surface area contributed by atoms with E-state index in [0.29, 0.717) is 18.2 Å². The van der Waals surface area contributed by atoms with E-state index in [9.17, 15) is 4.39 Å². The van der Waals surface area contributed by atoms with Gasteiger partial charge in [-0.05, 0) is 63.5 Å². The fourth-order valence-corrected chi connectivity index (χ4v) is 4.34. The lowest BCUT2D eigenvalue weighted by atomic mass is 10.2. The first-order valence-corrected chi connectivity index (χ1v) is 9.73. The molecule has 5 nitrogen and oxygen atoms in total. The summed E-state index contributed by atoms with van der Waals surface area (Å²) in [4.78, 5) is 13.7. The molecule has 1 aliphatic heterocycles. The zero-order valence-electron chi connectivity index (χ0n) is 15.3. The van der Waals surface area contributed by atoms with E-state index >= 15 is 0 Å². The summed E-state index contributed by atoms with van der Waals surface area (Å²) in [6.45, 7) is 6.79. The maximum atomic E-state index is 14.3. The fraction of sp³-hybridized carbons (Fsp3) is 0.350. The van der Waals surface area contributed by atoms with Gasteiger partial charge in [0, 0.05) is 4.88 Å². The predicted molar refractivity (Wildman–Crippen MR) is 103 cm³/mol. The molecule has 3 heterocycles. The van der Waals surface area contributed by atoms with Crippen molar-refractivity contribution in [2.24, 2.45) is 0 Å². The van der Waals surface area contributed by atoms with Gasteiger partial charge >= 0.3 is 0 Å². The Labute approximate surface area is 161 Å². The highest BCUT2D eigenvalue weighted by Gasteiger charge is 2.20. The molecule has 27 heavy (non-hydrogen) atoms. The zero-order valence-corrected chi connectivity index (χ0v) is 16.1. The lowest BCUT2D eigenvalue weighted by molar-refractivity contribution is 0.320. The van der Waals surface area contributed by atoms with Crippen LogP contribution in [0.2, 0.25) is 0 Å². The highest BCUT2D eigenvalue weighted by atomic mass is 32.1. The highest BCUT2D eigenvalue weighted by molar-refractivity contribution is 7.18. The molecule has 0 aliphatic carbocycles. The summed E-state index contributed by atoms with van der Waals surface area (Å²) in [5.74, 6) is 0.547. The molecule has 138 valence electrons. The van der Waals surface area contributed by atoms with Gasteiger partial charge in [-0.1, -0.05) is 0 Å². The topological polar surface area (TPSA) is 62.0 Å². The van der Waals surface area contributed by atoms with Gasteiger partial charge in [0.2, 0.25) is 5.88 Å². The molecule has 0 unspecified atom stereocenters. The van der Waals surface area contributed by atoms with Crippen molar-refractivity contribution in [2.75, 3.05) is 13.1 Å². The Morgan fingerprint density at radius 3 is 2.74 bits per heavy atom. The van der Waals surface area contributed by atoms with E-state index in [0.717, 1.165) is 33.7 Å². The molecule has 0 spiro atoms. The zero-order chi connectivity index (χ0) is 19.0. The van der Waals surface area contributed by atoms with Gasteiger partial charge in [-0.25, -0.2) is 9.37 Å². The van der Waals surface area contributed by atoms with Crippen molar-refractivity contribution < 1.29 is 9.13 Å². The van der Waals surface area contributed by atoms with E-state index in [-0.39, 0.29) is 11.3 Å². The van der Waals surface area contributed by atoms with Gasteiger partial charge in [0.1, 0.15) is 10.7 Å². The SMILES string of the molecule is Cc1sc2nc(CN3CCCC3)nc(Oc3ccc(C#N)cc3F)c2c1C.